The summed E-state index contributed by atoms with van der Waals surface area (Å²) >= 11 is 0. The largest absolute Gasteiger partial charge is 0.493 e. The Balaban J connectivity index is 3.05. The second-order valence-electron chi connectivity index (χ2n) is 3.28. The van der Waals surface area contributed by atoms with Crippen molar-refractivity contribution in [1.29, 1.82) is 5.41 Å². The average Bonchev–Trinajstić information content (AvgIpc) is 2.29. The van der Waals surface area contributed by atoms with Gasteiger partial charge in [0.1, 0.15) is 11.6 Å². The molecule has 17 heavy (non-hydrogen) atoms. The standard InChI is InChI=1S/C12H16FNO3/c1-3-16-9-7-5-6-8(13)10(9)11(15)12(14)17-4-2/h5-7,11,14-15H,3-4H2,1-2H3. The zero-order valence-corrected chi connectivity index (χ0v) is 9.87. The zero-order valence-electron chi connectivity index (χ0n) is 9.87. The van der Waals surface area contributed by atoms with Gasteiger partial charge in [-0.05, 0) is 26.0 Å². The van der Waals surface area contributed by atoms with Crippen LogP contribution in [0.1, 0.15) is 25.5 Å². The van der Waals surface area contributed by atoms with Crippen LogP contribution in [0.15, 0.2) is 18.2 Å². The van der Waals surface area contributed by atoms with Gasteiger partial charge < -0.3 is 14.6 Å². The summed E-state index contributed by atoms with van der Waals surface area (Å²) < 4.78 is 23.7. The normalized spacial score (nSPS) is 12.0. The number of ether oxygens (including phenoxy) is 2. The second kappa shape index (κ2) is 6.20. The number of hydrogen-bond donors (Lipinski definition) is 2. The van der Waals surface area contributed by atoms with Crippen molar-refractivity contribution in [1.82, 2.24) is 0 Å². The third kappa shape index (κ3) is 3.17. The lowest BCUT2D eigenvalue weighted by molar-refractivity contribution is 0.181. The van der Waals surface area contributed by atoms with E-state index in [4.69, 9.17) is 14.9 Å². The molecule has 0 bridgehead atoms. The van der Waals surface area contributed by atoms with Crippen LogP contribution in [0.5, 0.6) is 5.75 Å². The summed E-state index contributed by atoms with van der Waals surface area (Å²) in [5, 5.41) is 17.3. The van der Waals surface area contributed by atoms with Gasteiger partial charge in [-0.2, -0.15) is 0 Å². The number of rotatable bonds is 5. The third-order valence-corrected chi connectivity index (χ3v) is 2.13. The lowest BCUT2D eigenvalue weighted by atomic mass is 10.1. The van der Waals surface area contributed by atoms with Crippen LogP contribution in [-0.4, -0.2) is 24.2 Å². The fraction of sp³-hybridized carbons (Fsp3) is 0.417. The van der Waals surface area contributed by atoms with Gasteiger partial charge in [0.15, 0.2) is 6.10 Å². The molecule has 1 rings (SSSR count). The first-order valence-corrected chi connectivity index (χ1v) is 5.42. The highest BCUT2D eigenvalue weighted by Gasteiger charge is 2.23. The molecule has 0 radical (unpaired) electrons. The summed E-state index contributed by atoms with van der Waals surface area (Å²) in [5.41, 5.74) is -0.0622. The van der Waals surface area contributed by atoms with Crippen molar-refractivity contribution in [3.05, 3.63) is 29.6 Å². The number of halogens is 1. The molecule has 0 aliphatic heterocycles. The number of benzene rings is 1. The first kappa shape index (κ1) is 13.4. The van der Waals surface area contributed by atoms with E-state index in [-0.39, 0.29) is 17.9 Å². The van der Waals surface area contributed by atoms with Gasteiger partial charge >= 0.3 is 0 Å². The highest BCUT2D eigenvalue weighted by Crippen LogP contribution is 2.28. The first-order chi connectivity index (χ1) is 8.11. The van der Waals surface area contributed by atoms with E-state index in [0.29, 0.717) is 6.61 Å². The Bertz CT molecular complexity index is 395. The molecule has 0 aromatic heterocycles. The molecule has 1 aromatic carbocycles. The molecule has 0 aliphatic carbocycles. The van der Waals surface area contributed by atoms with Crippen molar-refractivity contribution in [3.63, 3.8) is 0 Å². The van der Waals surface area contributed by atoms with Gasteiger partial charge in [0.2, 0.25) is 5.90 Å². The summed E-state index contributed by atoms with van der Waals surface area (Å²) in [7, 11) is 0. The summed E-state index contributed by atoms with van der Waals surface area (Å²) in [6.45, 7) is 4.04. The van der Waals surface area contributed by atoms with Crippen LogP contribution in [0.4, 0.5) is 4.39 Å². The molecule has 0 saturated heterocycles. The minimum atomic E-state index is -1.45. The van der Waals surface area contributed by atoms with Crippen LogP contribution in [-0.2, 0) is 4.74 Å². The molecule has 5 heteroatoms. The Kier molecular flexibility index (Phi) is 4.90. The molecule has 2 N–H and O–H groups in total. The van der Waals surface area contributed by atoms with Crippen LogP contribution < -0.4 is 4.74 Å². The fourth-order valence-electron chi connectivity index (χ4n) is 1.43. The molecule has 0 aliphatic rings. The molecule has 0 spiro atoms. The second-order valence-corrected chi connectivity index (χ2v) is 3.28. The molecule has 1 atom stereocenters. The van der Waals surface area contributed by atoms with E-state index in [9.17, 15) is 9.50 Å². The van der Waals surface area contributed by atoms with E-state index >= 15 is 0 Å². The highest BCUT2D eigenvalue weighted by atomic mass is 19.1. The van der Waals surface area contributed by atoms with Gasteiger partial charge in [-0.1, -0.05) is 6.07 Å². The van der Waals surface area contributed by atoms with E-state index in [1.54, 1.807) is 19.9 Å². The van der Waals surface area contributed by atoms with Gasteiger partial charge in [-0.25, -0.2) is 4.39 Å². The highest BCUT2D eigenvalue weighted by molar-refractivity contribution is 5.80. The molecule has 1 aromatic rings. The lowest BCUT2D eigenvalue weighted by Gasteiger charge is -2.17. The van der Waals surface area contributed by atoms with Gasteiger partial charge in [-0.3, -0.25) is 5.41 Å². The molecule has 0 saturated carbocycles. The van der Waals surface area contributed by atoms with Crippen molar-refractivity contribution in [2.24, 2.45) is 0 Å². The Morgan fingerprint density at radius 2 is 2.12 bits per heavy atom. The molecule has 4 nitrogen and oxygen atoms in total. The van der Waals surface area contributed by atoms with Crippen LogP contribution in [0.2, 0.25) is 0 Å². The van der Waals surface area contributed by atoms with Crippen molar-refractivity contribution < 1.29 is 19.0 Å². The number of nitrogens with one attached hydrogen (secondary N) is 1. The van der Waals surface area contributed by atoms with Gasteiger partial charge in [0, 0.05) is 0 Å². The minimum Gasteiger partial charge on any atom is -0.493 e. The number of aliphatic hydroxyl groups excluding tert-OH is 1. The summed E-state index contributed by atoms with van der Waals surface area (Å²) in [4.78, 5) is 0. The van der Waals surface area contributed by atoms with Crippen molar-refractivity contribution >= 4 is 5.90 Å². The third-order valence-electron chi connectivity index (χ3n) is 2.13. The molecule has 94 valence electrons. The molecule has 1 unspecified atom stereocenters. The van der Waals surface area contributed by atoms with E-state index in [1.165, 1.54) is 12.1 Å². The lowest BCUT2D eigenvalue weighted by Crippen LogP contribution is -2.17. The number of hydrogen-bond acceptors (Lipinski definition) is 4. The predicted molar refractivity (Wildman–Crippen MR) is 61.9 cm³/mol. The smallest absolute Gasteiger partial charge is 0.215 e. The predicted octanol–water partition coefficient (Wildman–Crippen LogP) is 2.27. The van der Waals surface area contributed by atoms with E-state index in [2.05, 4.69) is 0 Å². The maximum absolute atomic E-state index is 13.6. The monoisotopic (exact) mass is 241 g/mol. The van der Waals surface area contributed by atoms with Crippen molar-refractivity contribution in [2.45, 2.75) is 20.0 Å². The van der Waals surface area contributed by atoms with E-state index in [0.717, 1.165) is 0 Å². The summed E-state index contributed by atoms with van der Waals surface area (Å²) in [5.74, 6) is -0.782. The Labute approximate surface area is 99.5 Å². The molecular weight excluding hydrogens is 225 g/mol. The van der Waals surface area contributed by atoms with Crippen molar-refractivity contribution in [2.75, 3.05) is 13.2 Å². The Morgan fingerprint density at radius 1 is 1.41 bits per heavy atom. The number of aliphatic hydroxyl groups is 1. The maximum atomic E-state index is 13.6. The molecule has 0 amide bonds. The SMILES string of the molecule is CCOC(=N)C(O)c1c(F)cccc1OCC. The topological polar surface area (TPSA) is 62.5 Å². The van der Waals surface area contributed by atoms with E-state index < -0.39 is 17.8 Å². The van der Waals surface area contributed by atoms with Crippen LogP contribution in [0, 0.1) is 11.2 Å². The first-order valence-electron chi connectivity index (χ1n) is 5.42. The zero-order chi connectivity index (χ0) is 12.8. The van der Waals surface area contributed by atoms with Gasteiger partial charge in [-0.15, -0.1) is 0 Å². The van der Waals surface area contributed by atoms with Gasteiger partial charge in [0.25, 0.3) is 0 Å². The Morgan fingerprint density at radius 3 is 2.71 bits per heavy atom. The van der Waals surface area contributed by atoms with Crippen LogP contribution >= 0.6 is 0 Å². The summed E-state index contributed by atoms with van der Waals surface area (Å²) in [6, 6.07) is 4.24. The maximum Gasteiger partial charge on any atom is 0.215 e. The average molecular weight is 241 g/mol. The Hall–Kier alpha value is -1.62. The quantitative estimate of drug-likeness (QED) is 0.614. The molecule has 0 heterocycles. The van der Waals surface area contributed by atoms with Crippen molar-refractivity contribution in [3.8, 4) is 5.75 Å². The summed E-state index contributed by atoms with van der Waals surface area (Å²) in [6.07, 6.45) is -1.45. The van der Waals surface area contributed by atoms with E-state index in [1.807, 2.05) is 0 Å². The van der Waals surface area contributed by atoms with Crippen LogP contribution in [0.25, 0.3) is 0 Å². The van der Waals surface area contributed by atoms with Crippen LogP contribution in [0.3, 0.4) is 0 Å². The van der Waals surface area contributed by atoms with Gasteiger partial charge in [0.05, 0.1) is 18.8 Å². The molecule has 0 fully saturated rings. The minimum absolute atomic E-state index is 0.0622. The fourth-order valence-corrected chi connectivity index (χ4v) is 1.43. The molecular formula is C12H16FNO3.